The van der Waals surface area contributed by atoms with Crippen molar-refractivity contribution in [1.29, 1.82) is 0 Å². The second kappa shape index (κ2) is 5.01. The van der Waals surface area contributed by atoms with E-state index >= 15 is 0 Å². The van der Waals surface area contributed by atoms with Crippen LogP contribution in [-0.4, -0.2) is 28.8 Å². The molecule has 11 heavy (non-hydrogen) atoms. The Morgan fingerprint density at radius 2 is 2.09 bits per heavy atom. The quantitative estimate of drug-likeness (QED) is 0.664. The highest BCUT2D eigenvalue weighted by atomic mass is 32.2. The van der Waals surface area contributed by atoms with E-state index in [0.717, 1.165) is 6.42 Å². The molecule has 0 saturated carbocycles. The predicted molar refractivity (Wildman–Crippen MR) is 51.9 cm³/mol. The van der Waals surface area contributed by atoms with E-state index in [-0.39, 0.29) is 10.9 Å². The summed E-state index contributed by atoms with van der Waals surface area (Å²) in [5.74, 6) is 0. The maximum atomic E-state index is 9.42. The Morgan fingerprint density at radius 1 is 1.55 bits per heavy atom. The maximum absolute atomic E-state index is 9.42. The zero-order chi connectivity index (χ0) is 8.91. The summed E-state index contributed by atoms with van der Waals surface area (Å²) in [4.78, 5) is 0. The van der Waals surface area contributed by atoms with Gasteiger partial charge in [0.1, 0.15) is 0 Å². The van der Waals surface area contributed by atoms with Crippen LogP contribution in [0.2, 0.25) is 0 Å². The van der Waals surface area contributed by atoms with Crippen LogP contribution in [0.15, 0.2) is 0 Å². The fourth-order valence-electron chi connectivity index (χ4n) is 0.945. The molecule has 2 nitrogen and oxygen atoms in total. The molecule has 0 rings (SSSR count). The van der Waals surface area contributed by atoms with Gasteiger partial charge in [-0.05, 0) is 25.6 Å². The van der Waals surface area contributed by atoms with Crippen LogP contribution < -0.4 is 5.73 Å². The van der Waals surface area contributed by atoms with Gasteiger partial charge >= 0.3 is 0 Å². The molecule has 0 heterocycles. The topological polar surface area (TPSA) is 46.2 Å². The average molecular weight is 177 g/mol. The molecule has 1 unspecified atom stereocenters. The first kappa shape index (κ1) is 11.3. The van der Waals surface area contributed by atoms with Gasteiger partial charge in [0.15, 0.2) is 0 Å². The molecule has 0 aliphatic rings. The Kier molecular flexibility index (Phi) is 5.13. The fourth-order valence-corrected chi connectivity index (χ4v) is 1.30. The number of aliphatic hydroxyl groups is 1. The molecule has 0 bridgehead atoms. The van der Waals surface area contributed by atoms with Gasteiger partial charge in [-0.25, -0.2) is 0 Å². The van der Waals surface area contributed by atoms with Gasteiger partial charge in [-0.2, -0.15) is 11.8 Å². The first-order chi connectivity index (χ1) is 5.02. The Morgan fingerprint density at radius 3 is 2.45 bits per heavy atom. The molecule has 0 fully saturated rings. The largest absolute Gasteiger partial charge is 0.393 e. The standard InChI is InChI=1S/C8H19NOS/c1-8(2,11-3)6-7(10)4-5-9/h7,10H,4-6,9H2,1-3H3. The minimum atomic E-state index is -0.234. The normalized spacial score (nSPS) is 15.0. The fraction of sp³-hybridized carbons (Fsp3) is 1.00. The number of thioether (sulfide) groups is 1. The van der Waals surface area contributed by atoms with Crippen molar-refractivity contribution in [3.05, 3.63) is 0 Å². The van der Waals surface area contributed by atoms with E-state index in [9.17, 15) is 5.11 Å². The van der Waals surface area contributed by atoms with Crippen molar-refractivity contribution in [2.24, 2.45) is 5.73 Å². The third-order valence-electron chi connectivity index (χ3n) is 1.78. The monoisotopic (exact) mass is 177 g/mol. The molecule has 3 heteroatoms. The molecular weight excluding hydrogens is 158 g/mol. The Labute approximate surface area is 73.6 Å². The molecule has 0 aliphatic carbocycles. The van der Waals surface area contributed by atoms with Gasteiger partial charge in [-0.15, -0.1) is 0 Å². The molecule has 0 aromatic rings. The summed E-state index contributed by atoms with van der Waals surface area (Å²) in [6, 6.07) is 0. The number of hydrogen-bond donors (Lipinski definition) is 2. The average Bonchev–Trinajstić information content (AvgIpc) is 1.87. The van der Waals surface area contributed by atoms with E-state index in [1.807, 2.05) is 0 Å². The summed E-state index contributed by atoms with van der Waals surface area (Å²) in [7, 11) is 0. The number of hydrogen-bond acceptors (Lipinski definition) is 3. The van der Waals surface area contributed by atoms with Crippen LogP contribution in [-0.2, 0) is 0 Å². The molecule has 68 valence electrons. The van der Waals surface area contributed by atoms with Gasteiger partial charge in [0.25, 0.3) is 0 Å². The van der Waals surface area contributed by atoms with Crippen LogP contribution in [0.5, 0.6) is 0 Å². The summed E-state index contributed by atoms with van der Waals surface area (Å²) in [6.07, 6.45) is 3.37. The molecule has 1 atom stereocenters. The summed E-state index contributed by atoms with van der Waals surface area (Å²) in [5, 5.41) is 9.42. The number of rotatable bonds is 5. The summed E-state index contributed by atoms with van der Waals surface area (Å²) in [5.41, 5.74) is 5.32. The van der Waals surface area contributed by atoms with Crippen molar-refractivity contribution in [2.75, 3.05) is 12.8 Å². The maximum Gasteiger partial charge on any atom is 0.0565 e. The van der Waals surface area contributed by atoms with Gasteiger partial charge in [-0.1, -0.05) is 13.8 Å². The van der Waals surface area contributed by atoms with Crippen LogP contribution in [0, 0.1) is 0 Å². The summed E-state index contributed by atoms with van der Waals surface area (Å²) in [6.45, 7) is 4.85. The lowest BCUT2D eigenvalue weighted by Crippen LogP contribution is -2.24. The summed E-state index contributed by atoms with van der Waals surface area (Å²) < 4.78 is 0.175. The minimum absolute atomic E-state index is 0.175. The molecule has 0 amide bonds. The van der Waals surface area contributed by atoms with Gasteiger partial charge in [0.2, 0.25) is 0 Å². The van der Waals surface area contributed by atoms with Crippen LogP contribution in [0.3, 0.4) is 0 Å². The lowest BCUT2D eigenvalue weighted by Gasteiger charge is -2.24. The van der Waals surface area contributed by atoms with Crippen LogP contribution in [0.1, 0.15) is 26.7 Å². The molecule has 0 radical (unpaired) electrons. The van der Waals surface area contributed by atoms with E-state index in [0.29, 0.717) is 13.0 Å². The van der Waals surface area contributed by atoms with Crippen LogP contribution in [0.4, 0.5) is 0 Å². The molecule has 0 aromatic heterocycles. The zero-order valence-corrected chi connectivity index (χ0v) is 8.45. The van der Waals surface area contributed by atoms with Crippen molar-refractivity contribution in [3.8, 4) is 0 Å². The third kappa shape index (κ3) is 5.53. The van der Waals surface area contributed by atoms with Gasteiger partial charge in [0, 0.05) is 4.75 Å². The lowest BCUT2D eigenvalue weighted by molar-refractivity contribution is 0.148. The van der Waals surface area contributed by atoms with Crippen LogP contribution in [0.25, 0.3) is 0 Å². The van der Waals surface area contributed by atoms with E-state index in [1.165, 1.54) is 0 Å². The Bertz CT molecular complexity index is 106. The van der Waals surface area contributed by atoms with E-state index < -0.39 is 0 Å². The van der Waals surface area contributed by atoms with Crippen molar-refractivity contribution in [1.82, 2.24) is 0 Å². The second-order valence-electron chi connectivity index (χ2n) is 3.40. The Hall–Kier alpha value is 0.270. The number of aliphatic hydroxyl groups excluding tert-OH is 1. The third-order valence-corrected chi connectivity index (χ3v) is 3.05. The van der Waals surface area contributed by atoms with Crippen molar-refractivity contribution in [3.63, 3.8) is 0 Å². The highest BCUT2D eigenvalue weighted by Gasteiger charge is 2.19. The smallest absolute Gasteiger partial charge is 0.0565 e. The lowest BCUT2D eigenvalue weighted by atomic mass is 10.0. The molecule has 0 saturated heterocycles. The summed E-state index contributed by atoms with van der Waals surface area (Å²) >= 11 is 1.78. The second-order valence-corrected chi connectivity index (χ2v) is 4.91. The van der Waals surface area contributed by atoms with Crippen molar-refractivity contribution in [2.45, 2.75) is 37.5 Å². The highest BCUT2D eigenvalue weighted by molar-refractivity contribution is 7.99. The van der Waals surface area contributed by atoms with E-state index in [1.54, 1.807) is 11.8 Å². The molecule has 0 aromatic carbocycles. The highest BCUT2D eigenvalue weighted by Crippen LogP contribution is 2.27. The first-order valence-corrected chi connectivity index (χ1v) is 5.17. The first-order valence-electron chi connectivity index (χ1n) is 3.95. The molecular formula is C8H19NOS. The van der Waals surface area contributed by atoms with Crippen LogP contribution >= 0.6 is 11.8 Å². The predicted octanol–water partition coefficient (Wildman–Crippen LogP) is 1.23. The minimum Gasteiger partial charge on any atom is -0.393 e. The number of nitrogens with two attached hydrogens (primary N) is 1. The van der Waals surface area contributed by atoms with Crippen molar-refractivity contribution < 1.29 is 5.11 Å². The SMILES string of the molecule is CSC(C)(C)CC(O)CCN. The molecule has 0 spiro atoms. The van der Waals surface area contributed by atoms with Crippen molar-refractivity contribution >= 4 is 11.8 Å². The van der Waals surface area contributed by atoms with Gasteiger partial charge in [-0.3, -0.25) is 0 Å². The Balaban J connectivity index is 3.64. The van der Waals surface area contributed by atoms with E-state index in [4.69, 9.17) is 5.73 Å². The van der Waals surface area contributed by atoms with Gasteiger partial charge < -0.3 is 10.8 Å². The van der Waals surface area contributed by atoms with E-state index in [2.05, 4.69) is 20.1 Å². The molecule has 0 aliphatic heterocycles. The zero-order valence-electron chi connectivity index (χ0n) is 7.63. The van der Waals surface area contributed by atoms with Gasteiger partial charge in [0.05, 0.1) is 6.10 Å². The molecule has 3 N–H and O–H groups in total.